The summed E-state index contributed by atoms with van der Waals surface area (Å²) >= 11 is 0. The van der Waals surface area contributed by atoms with Crippen LogP contribution in [-0.2, 0) is 4.79 Å². The molecule has 0 spiro atoms. The van der Waals surface area contributed by atoms with Crippen LogP contribution in [0, 0.1) is 6.92 Å². The molecule has 1 atom stereocenters. The Morgan fingerprint density at radius 3 is 2.61 bits per heavy atom. The number of benzene rings is 2. The van der Waals surface area contributed by atoms with Gasteiger partial charge in [0.15, 0.2) is 0 Å². The number of carbonyl (C=O) groups excluding carboxylic acids is 1. The molecule has 1 amide bonds. The maximum atomic E-state index is 12.3. The number of amides is 1. The number of hydrogen-bond donors (Lipinski definition) is 1. The van der Waals surface area contributed by atoms with Crippen molar-refractivity contribution in [2.45, 2.75) is 38.6 Å². The minimum Gasteiger partial charge on any atom is -0.324 e. The number of rotatable bonds is 2. The number of aryl methyl sites for hydroxylation is 1. The summed E-state index contributed by atoms with van der Waals surface area (Å²) in [6.45, 7) is 3.94. The molecule has 3 heteroatoms. The van der Waals surface area contributed by atoms with Gasteiger partial charge in [0.25, 0.3) is 0 Å². The van der Waals surface area contributed by atoms with Gasteiger partial charge in [-0.1, -0.05) is 30.3 Å². The summed E-state index contributed by atoms with van der Waals surface area (Å²) in [5, 5.41) is 3.02. The molecule has 0 aromatic heterocycles. The summed E-state index contributed by atoms with van der Waals surface area (Å²) in [6, 6.07) is 14.2. The van der Waals surface area contributed by atoms with Crippen LogP contribution < -0.4 is 5.32 Å². The molecule has 1 fully saturated rings. The molecule has 116 valence electrons. The van der Waals surface area contributed by atoms with Crippen molar-refractivity contribution in [1.82, 2.24) is 0 Å². The normalized spacial score (nSPS) is 20.3. The zero-order valence-electron chi connectivity index (χ0n) is 13.5. The highest BCUT2D eigenvalue weighted by molar-refractivity contribution is 6.20. The van der Waals surface area contributed by atoms with Gasteiger partial charge in [0.2, 0.25) is 5.91 Å². The molecule has 1 N–H and O–H groups in total. The highest BCUT2D eigenvalue weighted by atomic mass is 16.2. The van der Waals surface area contributed by atoms with E-state index in [0.717, 1.165) is 22.5 Å². The molecule has 1 aliphatic carbocycles. The van der Waals surface area contributed by atoms with Crippen molar-refractivity contribution >= 4 is 17.3 Å². The van der Waals surface area contributed by atoms with Gasteiger partial charge in [-0.2, -0.15) is 0 Å². The molecule has 1 heterocycles. The summed E-state index contributed by atoms with van der Waals surface area (Å²) in [4.78, 5) is 17.0. The molecule has 1 aliphatic heterocycles. The minimum absolute atomic E-state index is 0.0472. The molecular formula is C20H20N2O. The largest absolute Gasteiger partial charge is 0.324 e. The van der Waals surface area contributed by atoms with Gasteiger partial charge in [0, 0.05) is 11.1 Å². The second-order valence-corrected chi connectivity index (χ2v) is 6.54. The number of fused-ring (bicyclic) bond motifs is 1. The van der Waals surface area contributed by atoms with Crippen molar-refractivity contribution in [2.24, 2.45) is 4.99 Å². The van der Waals surface area contributed by atoms with Crippen LogP contribution in [0.4, 0.5) is 5.69 Å². The molecule has 3 nitrogen and oxygen atoms in total. The molecular weight excluding hydrogens is 284 g/mol. The van der Waals surface area contributed by atoms with Gasteiger partial charge in [0.05, 0.1) is 11.4 Å². The van der Waals surface area contributed by atoms with Crippen molar-refractivity contribution < 1.29 is 4.79 Å². The zero-order chi connectivity index (χ0) is 16.0. The van der Waals surface area contributed by atoms with Crippen molar-refractivity contribution in [1.29, 1.82) is 0 Å². The first-order valence-corrected chi connectivity index (χ1v) is 8.22. The van der Waals surface area contributed by atoms with Crippen molar-refractivity contribution in [3.05, 3.63) is 64.7 Å². The first-order valence-electron chi connectivity index (χ1n) is 8.22. The standard InChI is InChI=1S/C20H20N2O/c1-12-5-3-4-6-16(12)19-17-11-15(14-7-8-14)9-10-18(17)22-20(23)13(2)21-19/h3-6,9-11,13-14H,7-8H2,1-2H3,(H,22,23). The van der Waals surface area contributed by atoms with E-state index in [1.807, 2.05) is 25.1 Å². The molecule has 23 heavy (non-hydrogen) atoms. The summed E-state index contributed by atoms with van der Waals surface area (Å²) in [7, 11) is 0. The number of hydrogen-bond acceptors (Lipinski definition) is 2. The summed E-state index contributed by atoms with van der Waals surface area (Å²) in [5.74, 6) is 0.629. The summed E-state index contributed by atoms with van der Waals surface area (Å²) in [5.41, 5.74) is 6.47. The van der Waals surface area contributed by atoms with Gasteiger partial charge >= 0.3 is 0 Å². The maximum Gasteiger partial charge on any atom is 0.248 e. The fourth-order valence-electron chi connectivity index (χ4n) is 3.15. The van der Waals surface area contributed by atoms with E-state index >= 15 is 0 Å². The molecule has 1 saturated carbocycles. The third kappa shape index (κ3) is 2.56. The number of nitrogens with one attached hydrogen (secondary N) is 1. The molecule has 4 rings (SSSR count). The fourth-order valence-corrected chi connectivity index (χ4v) is 3.15. The lowest BCUT2D eigenvalue weighted by Crippen LogP contribution is -2.22. The van der Waals surface area contributed by atoms with E-state index in [4.69, 9.17) is 4.99 Å². The van der Waals surface area contributed by atoms with E-state index in [1.165, 1.54) is 24.0 Å². The van der Waals surface area contributed by atoms with Gasteiger partial charge in [-0.25, -0.2) is 0 Å². The predicted molar refractivity (Wildman–Crippen MR) is 93.3 cm³/mol. The van der Waals surface area contributed by atoms with Crippen molar-refractivity contribution in [3.8, 4) is 0 Å². The highest BCUT2D eigenvalue weighted by Crippen LogP contribution is 2.41. The second-order valence-electron chi connectivity index (χ2n) is 6.54. The van der Waals surface area contributed by atoms with E-state index in [1.54, 1.807) is 0 Å². The fraction of sp³-hybridized carbons (Fsp3) is 0.300. The third-order valence-electron chi connectivity index (χ3n) is 4.71. The third-order valence-corrected chi connectivity index (χ3v) is 4.71. The van der Waals surface area contributed by atoms with Crippen LogP contribution >= 0.6 is 0 Å². The monoisotopic (exact) mass is 304 g/mol. The first-order chi connectivity index (χ1) is 11.1. The molecule has 2 aromatic carbocycles. The van der Waals surface area contributed by atoms with Crippen molar-refractivity contribution in [3.63, 3.8) is 0 Å². The van der Waals surface area contributed by atoms with E-state index in [-0.39, 0.29) is 11.9 Å². The lowest BCUT2D eigenvalue weighted by molar-refractivity contribution is -0.116. The lowest BCUT2D eigenvalue weighted by Gasteiger charge is -2.13. The van der Waals surface area contributed by atoms with E-state index < -0.39 is 0 Å². The van der Waals surface area contributed by atoms with Crippen LogP contribution in [0.5, 0.6) is 0 Å². The first kappa shape index (κ1) is 14.2. The van der Waals surface area contributed by atoms with Gasteiger partial charge in [-0.3, -0.25) is 9.79 Å². The van der Waals surface area contributed by atoms with Crippen LogP contribution in [0.25, 0.3) is 0 Å². The van der Waals surface area contributed by atoms with Gasteiger partial charge in [-0.15, -0.1) is 0 Å². The topological polar surface area (TPSA) is 41.5 Å². The SMILES string of the molecule is Cc1ccccc1C1=NC(C)C(=O)Nc2ccc(C3CC3)cc21. The van der Waals surface area contributed by atoms with Gasteiger partial charge in [-0.05, 0) is 55.9 Å². The number of benzodiazepines with no additional fused rings is 1. The average Bonchev–Trinajstić information content (AvgIpc) is 3.38. The Labute approximate surface area is 136 Å². The quantitative estimate of drug-likeness (QED) is 0.893. The predicted octanol–water partition coefficient (Wildman–Crippen LogP) is 4.05. The highest BCUT2D eigenvalue weighted by Gasteiger charge is 2.27. The van der Waals surface area contributed by atoms with Crippen LogP contribution in [0.15, 0.2) is 47.5 Å². The molecule has 1 unspecified atom stereocenters. The molecule has 0 bridgehead atoms. The summed E-state index contributed by atoms with van der Waals surface area (Å²) in [6.07, 6.45) is 2.52. The van der Waals surface area contributed by atoms with Gasteiger partial charge < -0.3 is 5.32 Å². The lowest BCUT2D eigenvalue weighted by atomic mass is 9.94. The van der Waals surface area contributed by atoms with E-state index in [2.05, 4.69) is 36.5 Å². The minimum atomic E-state index is -0.388. The number of carbonyl (C=O) groups is 1. The maximum absolute atomic E-state index is 12.3. The number of nitrogens with zero attached hydrogens (tertiary/aromatic N) is 1. The molecule has 2 aliphatic rings. The zero-order valence-corrected chi connectivity index (χ0v) is 13.5. The Hall–Kier alpha value is -2.42. The summed E-state index contributed by atoms with van der Waals surface area (Å²) < 4.78 is 0. The Bertz CT molecular complexity index is 818. The number of aliphatic imine (C=N–C) groups is 1. The Balaban J connectivity index is 1.92. The second kappa shape index (κ2) is 5.34. The van der Waals surface area contributed by atoms with Crippen molar-refractivity contribution in [2.75, 3.05) is 5.32 Å². The van der Waals surface area contributed by atoms with E-state index in [9.17, 15) is 4.79 Å². The average molecular weight is 304 g/mol. The van der Waals surface area contributed by atoms with Crippen LogP contribution in [0.2, 0.25) is 0 Å². The Kier molecular flexibility index (Phi) is 3.29. The van der Waals surface area contributed by atoms with Crippen LogP contribution in [-0.4, -0.2) is 17.7 Å². The molecule has 0 radical (unpaired) electrons. The van der Waals surface area contributed by atoms with Gasteiger partial charge in [0.1, 0.15) is 6.04 Å². The smallest absolute Gasteiger partial charge is 0.248 e. The Morgan fingerprint density at radius 1 is 1.09 bits per heavy atom. The number of anilines is 1. The molecule has 2 aromatic rings. The van der Waals surface area contributed by atoms with Crippen LogP contribution in [0.3, 0.4) is 0 Å². The Morgan fingerprint density at radius 2 is 1.87 bits per heavy atom. The molecule has 0 saturated heterocycles. The van der Waals surface area contributed by atoms with E-state index in [0.29, 0.717) is 5.92 Å². The van der Waals surface area contributed by atoms with Crippen LogP contribution in [0.1, 0.15) is 47.9 Å².